The molecule has 1 aromatic carbocycles. The number of carbonyl (C=O) groups excluding carboxylic acids is 1. The van der Waals surface area contributed by atoms with E-state index in [0.717, 1.165) is 6.42 Å². The van der Waals surface area contributed by atoms with E-state index < -0.39 is 0 Å². The molecule has 16 heavy (non-hydrogen) atoms. The summed E-state index contributed by atoms with van der Waals surface area (Å²) in [6, 6.07) is 9.24. The summed E-state index contributed by atoms with van der Waals surface area (Å²) in [5, 5.41) is 0. The number of allylic oxidation sites excluding steroid dienone is 3. The van der Waals surface area contributed by atoms with Crippen molar-refractivity contribution < 1.29 is 4.79 Å². The second kappa shape index (κ2) is 6.33. The monoisotopic (exact) mass is 232 g/mol. The van der Waals surface area contributed by atoms with Crippen LogP contribution in [-0.2, 0) is 0 Å². The van der Waals surface area contributed by atoms with Crippen LogP contribution in [0.1, 0.15) is 23.7 Å². The minimum Gasteiger partial charge on any atom is -0.289 e. The molecule has 1 nitrogen and oxygen atoms in total. The summed E-state index contributed by atoms with van der Waals surface area (Å²) in [7, 11) is 0. The third-order valence-electron chi connectivity index (χ3n) is 2.27. The third-order valence-corrected chi connectivity index (χ3v) is 3.20. The average molecular weight is 232 g/mol. The maximum absolute atomic E-state index is 12.0. The van der Waals surface area contributed by atoms with Crippen molar-refractivity contribution in [2.75, 3.05) is 6.26 Å². The molecule has 0 saturated heterocycles. The maximum atomic E-state index is 12.0. The number of hydrogen-bond acceptors (Lipinski definition) is 2. The van der Waals surface area contributed by atoms with E-state index in [2.05, 4.69) is 13.5 Å². The van der Waals surface area contributed by atoms with Crippen LogP contribution in [0.25, 0.3) is 0 Å². The lowest BCUT2D eigenvalue weighted by atomic mass is 10.0. The molecule has 0 aliphatic heterocycles. The molecule has 0 N–H and O–H groups in total. The summed E-state index contributed by atoms with van der Waals surface area (Å²) in [4.78, 5) is 13.1. The van der Waals surface area contributed by atoms with E-state index in [0.29, 0.717) is 11.1 Å². The Kier molecular flexibility index (Phi) is 5.06. The van der Waals surface area contributed by atoms with Crippen molar-refractivity contribution >= 4 is 17.5 Å². The van der Waals surface area contributed by atoms with E-state index in [-0.39, 0.29) is 5.78 Å². The normalized spacial score (nSPS) is 11.2. The van der Waals surface area contributed by atoms with Gasteiger partial charge in [0.15, 0.2) is 5.78 Å². The summed E-state index contributed by atoms with van der Waals surface area (Å²) in [6.07, 6.45) is 4.82. The lowest BCUT2D eigenvalue weighted by Gasteiger charge is -2.03. The molecule has 0 heterocycles. The molecule has 84 valence electrons. The van der Waals surface area contributed by atoms with Gasteiger partial charge in [-0.15, -0.1) is 11.8 Å². The lowest BCUT2D eigenvalue weighted by Crippen LogP contribution is -2.00. The lowest BCUT2D eigenvalue weighted by molar-refractivity contribution is 0.103. The molecule has 2 heteroatoms. The molecule has 0 amide bonds. The van der Waals surface area contributed by atoms with E-state index in [1.807, 2.05) is 42.7 Å². The zero-order valence-corrected chi connectivity index (χ0v) is 10.5. The number of rotatable bonds is 5. The number of benzene rings is 1. The van der Waals surface area contributed by atoms with E-state index >= 15 is 0 Å². The highest BCUT2D eigenvalue weighted by Crippen LogP contribution is 2.19. The second-order valence-electron chi connectivity index (χ2n) is 3.39. The molecule has 1 aromatic rings. The Morgan fingerprint density at radius 1 is 1.38 bits per heavy atom. The average Bonchev–Trinajstić information content (AvgIpc) is 2.35. The first-order valence-electron chi connectivity index (χ1n) is 5.22. The number of hydrogen-bond donors (Lipinski definition) is 0. The summed E-state index contributed by atoms with van der Waals surface area (Å²) >= 11 is 1.66. The van der Waals surface area contributed by atoms with Crippen LogP contribution in [0.3, 0.4) is 0 Å². The molecule has 0 spiro atoms. The quantitative estimate of drug-likeness (QED) is 0.432. The molecule has 0 unspecified atom stereocenters. The fourth-order valence-corrected chi connectivity index (χ4v) is 1.89. The Morgan fingerprint density at radius 2 is 2.00 bits per heavy atom. The largest absolute Gasteiger partial charge is 0.289 e. The second-order valence-corrected chi connectivity index (χ2v) is 4.32. The third kappa shape index (κ3) is 3.38. The van der Waals surface area contributed by atoms with Crippen LogP contribution in [0.5, 0.6) is 0 Å². The first-order valence-corrected chi connectivity index (χ1v) is 6.44. The van der Waals surface area contributed by atoms with Crippen LogP contribution >= 0.6 is 11.8 Å². The van der Waals surface area contributed by atoms with Gasteiger partial charge in [-0.3, -0.25) is 4.79 Å². The zero-order valence-electron chi connectivity index (χ0n) is 9.69. The van der Waals surface area contributed by atoms with Gasteiger partial charge in [0.25, 0.3) is 0 Å². The van der Waals surface area contributed by atoms with Crippen LogP contribution in [0, 0.1) is 0 Å². The van der Waals surface area contributed by atoms with Crippen molar-refractivity contribution in [1.82, 2.24) is 0 Å². The molecular formula is C14H16OS. The standard InChI is InChI=1S/C14H16OS/c1-4-13(16-3)10-11(2)14(15)12-8-6-5-7-9-12/h5-10H,2,4H2,1,3H3/b13-10-. The van der Waals surface area contributed by atoms with Crippen molar-refractivity contribution in [2.24, 2.45) is 0 Å². The molecule has 0 saturated carbocycles. The smallest absolute Gasteiger partial charge is 0.192 e. The molecule has 0 fully saturated rings. The Morgan fingerprint density at radius 3 is 2.50 bits per heavy atom. The summed E-state index contributed by atoms with van der Waals surface area (Å²) in [5.41, 5.74) is 1.25. The van der Waals surface area contributed by atoms with Gasteiger partial charge >= 0.3 is 0 Å². The van der Waals surface area contributed by atoms with Crippen molar-refractivity contribution in [3.8, 4) is 0 Å². The van der Waals surface area contributed by atoms with E-state index in [1.165, 1.54) is 4.91 Å². The van der Waals surface area contributed by atoms with Gasteiger partial charge in [0.1, 0.15) is 0 Å². The Bertz CT molecular complexity index is 398. The Hall–Kier alpha value is -1.28. The number of carbonyl (C=O) groups is 1. The van der Waals surface area contributed by atoms with Gasteiger partial charge in [-0.2, -0.15) is 0 Å². The number of ketones is 1. The topological polar surface area (TPSA) is 17.1 Å². The Labute approximate surface area is 101 Å². The highest BCUT2D eigenvalue weighted by Gasteiger charge is 2.07. The molecule has 1 rings (SSSR count). The van der Waals surface area contributed by atoms with Crippen LogP contribution < -0.4 is 0 Å². The van der Waals surface area contributed by atoms with Crippen molar-refractivity contribution in [2.45, 2.75) is 13.3 Å². The summed E-state index contributed by atoms with van der Waals surface area (Å²) in [6.45, 7) is 5.90. The van der Waals surface area contributed by atoms with Crippen LogP contribution in [0.15, 0.2) is 53.5 Å². The first kappa shape index (κ1) is 12.8. The number of Topliss-reactive ketones (excluding diaryl/α,β-unsaturated/α-hetero) is 1. The van der Waals surface area contributed by atoms with E-state index in [4.69, 9.17) is 0 Å². The van der Waals surface area contributed by atoms with Gasteiger partial charge < -0.3 is 0 Å². The van der Waals surface area contributed by atoms with Crippen molar-refractivity contribution in [3.05, 3.63) is 59.0 Å². The maximum Gasteiger partial charge on any atom is 0.192 e. The molecule has 0 bridgehead atoms. The number of thioether (sulfide) groups is 1. The van der Waals surface area contributed by atoms with Gasteiger partial charge in [-0.1, -0.05) is 43.8 Å². The summed E-state index contributed by atoms with van der Waals surface area (Å²) in [5.74, 6) is 0.000556. The minimum absolute atomic E-state index is 0.000556. The van der Waals surface area contributed by atoms with Gasteiger partial charge in [-0.25, -0.2) is 0 Å². The van der Waals surface area contributed by atoms with Crippen LogP contribution in [-0.4, -0.2) is 12.0 Å². The highest BCUT2D eigenvalue weighted by atomic mass is 32.2. The van der Waals surface area contributed by atoms with Gasteiger partial charge in [0, 0.05) is 11.1 Å². The van der Waals surface area contributed by atoms with Crippen LogP contribution in [0.2, 0.25) is 0 Å². The summed E-state index contributed by atoms with van der Waals surface area (Å²) < 4.78 is 0. The Balaban J connectivity index is 2.84. The van der Waals surface area contributed by atoms with Crippen molar-refractivity contribution in [3.63, 3.8) is 0 Å². The van der Waals surface area contributed by atoms with Crippen LogP contribution in [0.4, 0.5) is 0 Å². The molecule has 0 aliphatic carbocycles. The molecule has 0 aliphatic rings. The first-order chi connectivity index (χ1) is 7.69. The fourth-order valence-electron chi connectivity index (χ4n) is 1.34. The van der Waals surface area contributed by atoms with E-state index in [1.54, 1.807) is 11.8 Å². The minimum atomic E-state index is 0.000556. The predicted octanol–water partition coefficient (Wildman–Crippen LogP) is 4.08. The molecule has 0 aromatic heterocycles. The van der Waals surface area contributed by atoms with Gasteiger partial charge in [-0.05, 0) is 23.7 Å². The fraction of sp³-hybridized carbons (Fsp3) is 0.214. The van der Waals surface area contributed by atoms with E-state index in [9.17, 15) is 4.79 Å². The predicted molar refractivity (Wildman–Crippen MR) is 71.8 cm³/mol. The SMILES string of the molecule is C=C(/C=C(/CC)SC)C(=O)c1ccccc1. The molecule has 0 radical (unpaired) electrons. The van der Waals surface area contributed by atoms with Gasteiger partial charge in [0.05, 0.1) is 0 Å². The highest BCUT2D eigenvalue weighted by molar-refractivity contribution is 8.02. The van der Waals surface area contributed by atoms with Gasteiger partial charge in [0.2, 0.25) is 0 Å². The molecule has 0 atom stereocenters. The zero-order chi connectivity index (χ0) is 12.0. The molecular weight excluding hydrogens is 216 g/mol. The van der Waals surface area contributed by atoms with Crippen molar-refractivity contribution in [1.29, 1.82) is 0 Å².